The zero-order chi connectivity index (χ0) is 8.97. The van der Waals surface area contributed by atoms with Gasteiger partial charge in [0.2, 0.25) is 0 Å². The van der Waals surface area contributed by atoms with Crippen LogP contribution in [0.5, 0.6) is 0 Å². The Morgan fingerprint density at radius 1 is 1.58 bits per heavy atom. The molecule has 0 aromatic heterocycles. The van der Waals surface area contributed by atoms with Gasteiger partial charge in [0.25, 0.3) is 0 Å². The molecule has 0 N–H and O–H groups in total. The number of aryl methyl sites for hydroxylation is 1. The van der Waals surface area contributed by atoms with Crippen molar-refractivity contribution in [2.75, 3.05) is 0 Å². The maximum absolute atomic E-state index is 8.72. The summed E-state index contributed by atoms with van der Waals surface area (Å²) in [5.74, 6) is 0. The first-order valence-electron chi connectivity index (χ1n) is 3.97. The summed E-state index contributed by atoms with van der Waals surface area (Å²) < 4.78 is 0. The van der Waals surface area contributed by atoms with Crippen molar-refractivity contribution in [3.05, 3.63) is 41.5 Å². The predicted octanol–water partition coefficient (Wildman–Crippen LogP) is 2.76. The van der Waals surface area contributed by atoms with Crippen molar-refractivity contribution < 1.29 is 0 Å². The summed E-state index contributed by atoms with van der Waals surface area (Å²) in [5.41, 5.74) is 2.86. The van der Waals surface area contributed by atoms with Crippen LogP contribution in [0.25, 0.3) is 6.08 Å². The summed E-state index contributed by atoms with van der Waals surface area (Å²) >= 11 is 0. The molecule has 0 fully saturated rings. The predicted molar refractivity (Wildman–Crippen MR) is 50.6 cm³/mol. The first-order chi connectivity index (χ1) is 5.81. The van der Waals surface area contributed by atoms with Gasteiger partial charge in [0, 0.05) is 0 Å². The van der Waals surface area contributed by atoms with Crippen molar-refractivity contribution in [1.82, 2.24) is 0 Å². The number of hydrogen-bond donors (Lipinski definition) is 0. The molecular formula is C11H11N. The van der Waals surface area contributed by atoms with Crippen LogP contribution in [0.1, 0.15) is 23.6 Å². The minimum Gasteiger partial charge on any atom is -0.192 e. The summed E-state index contributed by atoms with van der Waals surface area (Å²) in [6, 6.07) is 7.95. The highest BCUT2D eigenvalue weighted by molar-refractivity contribution is 5.57. The SMILES string of the molecule is C=Cc1cc(CC)ccc1C#N. The molecule has 0 saturated heterocycles. The Bertz CT molecular complexity index is 331. The van der Waals surface area contributed by atoms with Crippen LogP contribution in [0.4, 0.5) is 0 Å². The maximum atomic E-state index is 8.72. The van der Waals surface area contributed by atoms with E-state index in [1.54, 1.807) is 6.08 Å². The van der Waals surface area contributed by atoms with Gasteiger partial charge >= 0.3 is 0 Å². The highest BCUT2D eigenvalue weighted by Crippen LogP contribution is 2.12. The molecule has 0 heterocycles. The second-order valence-corrected chi connectivity index (χ2v) is 2.59. The number of hydrogen-bond acceptors (Lipinski definition) is 1. The third-order valence-corrected chi connectivity index (χ3v) is 1.86. The van der Waals surface area contributed by atoms with Gasteiger partial charge < -0.3 is 0 Å². The van der Waals surface area contributed by atoms with Crippen molar-refractivity contribution >= 4 is 6.08 Å². The molecule has 0 atom stereocenters. The van der Waals surface area contributed by atoms with E-state index in [0.717, 1.165) is 12.0 Å². The third-order valence-electron chi connectivity index (χ3n) is 1.86. The molecule has 12 heavy (non-hydrogen) atoms. The highest BCUT2D eigenvalue weighted by atomic mass is 14.2. The Morgan fingerprint density at radius 2 is 2.33 bits per heavy atom. The van der Waals surface area contributed by atoms with E-state index in [-0.39, 0.29) is 0 Å². The summed E-state index contributed by atoms with van der Waals surface area (Å²) in [7, 11) is 0. The molecule has 0 unspecified atom stereocenters. The molecule has 60 valence electrons. The van der Waals surface area contributed by atoms with E-state index in [4.69, 9.17) is 5.26 Å². The van der Waals surface area contributed by atoms with Gasteiger partial charge in [-0.15, -0.1) is 0 Å². The van der Waals surface area contributed by atoms with Crippen molar-refractivity contribution in [3.8, 4) is 6.07 Å². The van der Waals surface area contributed by atoms with Crippen LogP contribution in [0.2, 0.25) is 0 Å². The number of nitriles is 1. The third kappa shape index (κ3) is 1.54. The normalized spacial score (nSPS) is 9.00. The van der Waals surface area contributed by atoms with Crippen LogP contribution in [-0.2, 0) is 6.42 Å². The molecule has 1 rings (SSSR count). The quantitative estimate of drug-likeness (QED) is 0.647. The molecule has 1 nitrogen and oxygen atoms in total. The van der Waals surface area contributed by atoms with E-state index in [1.807, 2.05) is 18.2 Å². The van der Waals surface area contributed by atoms with E-state index in [9.17, 15) is 0 Å². The van der Waals surface area contributed by atoms with Crippen LogP contribution < -0.4 is 0 Å². The largest absolute Gasteiger partial charge is 0.192 e. The molecule has 0 aliphatic heterocycles. The van der Waals surface area contributed by atoms with Crippen molar-refractivity contribution in [3.63, 3.8) is 0 Å². The van der Waals surface area contributed by atoms with Crippen LogP contribution in [0, 0.1) is 11.3 Å². The summed E-state index contributed by atoms with van der Waals surface area (Å²) in [4.78, 5) is 0. The molecule has 0 aliphatic carbocycles. The molecule has 0 radical (unpaired) electrons. The fourth-order valence-electron chi connectivity index (χ4n) is 1.10. The van der Waals surface area contributed by atoms with E-state index in [1.165, 1.54) is 5.56 Å². The van der Waals surface area contributed by atoms with Crippen molar-refractivity contribution in [1.29, 1.82) is 5.26 Å². The van der Waals surface area contributed by atoms with Crippen LogP contribution in [-0.4, -0.2) is 0 Å². The van der Waals surface area contributed by atoms with Crippen molar-refractivity contribution in [2.45, 2.75) is 13.3 Å². The second-order valence-electron chi connectivity index (χ2n) is 2.59. The lowest BCUT2D eigenvalue weighted by molar-refractivity contribution is 1.14. The van der Waals surface area contributed by atoms with Gasteiger partial charge in [-0.3, -0.25) is 0 Å². The van der Waals surface area contributed by atoms with Gasteiger partial charge in [0.1, 0.15) is 0 Å². The smallest absolute Gasteiger partial charge is 0.0997 e. The molecule has 1 heteroatoms. The Balaban J connectivity index is 3.21. The summed E-state index contributed by atoms with van der Waals surface area (Å²) in [5, 5.41) is 8.72. The van der Waals surface area contributed by atoms with Gasteiger partial charge in [-0.2, -0.15) is 5.26 Å². The average molecular weight is 157 g/mol. The van der Waals surface area contributed by atoms with Crippen LogP contribution in [0.3, 0.4) is 0 Å². The van der Waals surface area contributed by atoms with Gasteiger partial charge in [-0.1, -0.05) is 31.7 Å². The van der Waals surface area contributed by atoms with E-state index < -0.39 is 0 Å². The van der Waals surface area contributed by atoms with E-state index in [0.29, 0.717) is 5.56 Å². The van der Waals surface area contributed by atoms with Crippen LogP contribution in [0.15, 0.2) is 24.8 Å². The Labute approximate surface area is 73.0 Å². The lowest BCUT2D eigenvalue weighted by Gasteiger charge is -2.00. The Hall–Kier alpha value is -1.55. The fourth-order valence-corrected chi connectivity index (χ4v) is 1.10. The zero-order valence-electron chi connectivity index (χ0n) is 7.17. The Morgan fingerprint density at radius 3 is 2.83 bits per heavy atom. The summed E-state index contributed by atoms with van der Waals surface area (Å²) in [6.07, 6.45) is 2.71. The Kier molecular flexibility index (Phi) is 2.66. The van der Waals surface area contributed by atoms with E-state index >= 15 is 0 Å². The standard InChI is InChI=1S/C11H11N/c1-3-9-5-6-11(8-12)10(4-2)7-9/h4-7H,2-3H2,1H3. The summed E-state index contributed by atoms with van der Waals surface area (Å²) in [6.45, 7) is 5.76. The first-order valence-corrected chi connectivity index (χ1v) is 3.97. The highest BCUT2D eigenvalue weighted by Gasteiger charge is 1.97. The monoisotopic (exact) mass is 157 g/mol. The molecule has 0 spiro atoms. The topological polar surface area (TPSA) is 23.8 Å². The minimum absolute atomic E-state index is 0.696. The number of rotatable bonds is 2. The lowest BCUT2D eigenvalue weighted by atomic mass is 10.0. The molecule has 0 bridgehead atoms. The van der Waals surface area contributed by atoms with Crippen molar-refractivity contribution in [2.24, 2.45) is 0 Å². The molecule has 0 amide bonds. The number of nitrogens with zero attached hydrogens (tertiary/aromatic N) is 1. The van der Waals surface area contributed by atoms with Gasteiger partial charge in [0.05, 0.1) is 11.6 Å². The van der Waals surface area contributed by atoms with Gasteiger partial charge in [-0.05, 0) is 23.6 Å². The first kappa shape index (κ1) is 8.55. The average Bonchev–Trinajstić information content (AvgIpc) is 2.16. The van der Waals surface area contributed by atoms with Gasteiger partial charge in [0.15, 0.2) is 0 Å². The molecule has 1 aromatic carbocycles. The molecule has 1 aromatic rings. The van der Waals surface area contributed by atoms with Gasteiger partial charge in [-0.25, -0.2) is 0 Å². The molecular weight excluding hydrogens is 146 g/mol. The molecule has 0 saturated carbocycles. The van der Waals surface area contributed by atoms with E-state index in [2.05, 4.69) is 19.6 Å². The van der Waals surface area contributed by atoms with Crippen LogP contribution >= 0.6 is 0 Å². The molecule has 0 aliphatic rings. The zero-order valence-corrected chi connectivity index (χ0v) is 7.17. The maximum Gasteiger partial charge on any atom is 0.0997 e. The number of benzene rings is 1. The second kappa shape index (κ2) is 3.73. The minimum atomic E-state index is 0.696. The fraction of sp³-hybridized carbons (Fsp3) is 0.182. The lowest BCUT2D eigenvalue weighted by Crippen LogP contribution is -1.85.